The van der Waals surface area contributed by atoms with Crippen LogP contribution in [0, 0.1) is 16.6 Å². The number of carbonyl (C=O) groups excluding carboxylic acids is 1. The van der Waals surface area contributed by atoms with E-state index in [0.29, 0.717) is 6.54 Å². The van der Waals surface area contributed by atoms with Gasteiger partial charge < -0.3 is 19.8 Å². The zero-order valence-corrected chi connectivity index (χ0v) is 20.7. The van der Waals surface area contributed by atoms with Crippen LogP contribution in [0.1, 0.15) is 54.9 Å². The lowest BCUT2D eigenvalue weighted by atomic mass is 9.84. The summed E-state index contributed by atoms with van der Waals surface area (Å²) >= 11 is 0. The monoisotopic (exact) mass is 465 g/mol. The molecule has 2 N–H and O–H groups in total. The lowest BCUT2D eigenvalue weighted by Crippen LogP contribution is -2.45. The Morgan fingerprint density at radius 1 is 1.25 bits per heavy atom. The van der Waals surface area contributed by atoms with Crippen LogP contribution in [0.15, 0.2) is 34.3 Å². The third-order valence-electron chi connectivity index (χ3n) is 5.51. The molecular weight excluding hydrogens is 432 g/mol. The van der Waals surface area contributed by atoms with Gasteiger partial charge in [0, 0.05) is 6.54 Å². The van der Waals surface area contributed by atoms with Crippen molar-refractivity contribution in [3.63, 3.8) is 0 Å². The standard InChI is InChI=1S/C23H33FN3O4P/c1-8-31-32(30)16-10-9-14(24)13-15(16)25-20(26-32)17-18(28)19(23(5,6)7)27(21(17)29)12-11-22(2,3)4/h9-10,13,19,28H,8,11-12H2,1-7H3,(H,25,26,30). The fourth-order valence-corrected chi connectivity index (χ4v) is 5.78. The number of rotatable bonds is 5. The first-order chi connectivity index (χ1) is 14.7. The molecule has 0 saturated carbocycles. The Labute approximate surface area is 189 Å². The van der Waals surface area contributed by atoms with E-state index in [1.54, 1.807) is 11.8 Å². The molecule has 32 heavy (non-hydrogen) atoms. The topological polar surface area (TPSA) is 91.2 Å². The summed E-state index contributed by atoms with van der Waals surface area (Å²) in [6, 6.07) is 3.17. The summed E-state index contributed by atoms with van der Waals surface area (Å²) < 4.78 is 37.3. The molecule has 2 aliphatic heterocycles. The van der Waals surface area contributed by atoms with E-state index in [1.807, 2.05) is 20.8 Å². The lowest BCUT2D eigenvalue weighted by Gasteiger charge is -2.36. The SMILES string of the molecule is CCOP1(=O)N=C(C2=C(O)C(C(C)(C)C)N(CCC(C)(C)C)C2=O)Nc2cc(F)ccc21. The van der Waals surface area contributed by atoms with Gasteiger partial charge in [-0.1, -0.05) is 41.5 Å². The molecule has 0 spiro atoms. The highest BCUT2D eigenvalue weighted by atomic mass is 31.2. The van der Waals surface area contributed by atoms with Gasteiger partial charge in [-0.2, -0.15) is 4.76 Å². The summed E-state index contributed by atoms with van der Waals surface area (Å²) in [6.07, 6.45) is 0.733. The number of hydrogen-bond acceptors (Lipinski definition) is 5. The van der Waals surface area contributed by atoms with Gasteiger partial charge in [-0.05, 0) is 42.4 Å². The van der Waals surface area contributed by atoms with Crippen molar-refractivity contribution >= 4 is 30.3 Å². The van der Waals surface area contributed by atoms with Gasteiger partial charge in [0.15, 0.2) is 5.84 Å². The van der Waals surface area contributed by atoms with Crippen LogP contribution in [0.3, 0.4) is 0 Å². The van der Waals surface area contributed by atoms with Crippen LogP contribution in [-0.4, -0.2) is 40.9 Å². The summed E-state index contributed by atoms with van der Waals surface area (Å²) in [7, 11) is -3.76. The second-order valence-electron chi connectivity index (χ2n) is 10.5. The van der Waals surface area contributed by atoms with Crippen molar-refractivity contribution in [3.05, 3.63) is 35.3 Å². The summed E-state index contributed by atoms with van der Waals surface area (Å²) in [5.41, 5.74) is -0.306. The Kier molecular flexibility index (Phi) is 6.35. The van der Waals surface area contributed by atoms with Crippen LogP contribution in [0.4, 0.5) is 10.1 Å². The van der Waals surface area contributed by atoms with Crippen LogP contribution < -0.4 is 10.6 Å². The van der Waals surface area contributed by atoms with Crippen molar-refractivity contribution in [2.24, 2.45) is 15.6 Å². The molecule has 0 saturated heterocycles. The van der Waals surface area contributed by atoms with Gasteiger partial charge in [0.25, 0.3) is 5.91 Å². The van der Waals surface area contributed by atoms with Crippen molar-refractivity contribution < 1.29 is 23.4 Å². The van der Waals surface area contributed by atoms with Crippen LogP contribution in [-0.2, 0) is 13.9 Å². The van der Waals surface area contributed by atoms with Gasteiger partial charge in [0.2, 0.25) is 0 Å². The molecular formula is C23H33FN3O4P. The predicted octanol–water partition coefficient (Wildman–Crippen LogP) is 5.01. The van der Waals surface area contributed by atoms with Crippen molar-refractivity contribution in [1.82, 2.24) is 4.90 Å². The number of fused-ring (bicyclic) bond motifs is 1. The van der Waals surface area contributed by atoms with E-state index in [4.69, 9.17) is 4.52 Å². The normalized spacial score (nSPS) is 23.9. The van der Waals surface area contributed by atoms with Gasteiger partial charge in [0.1, 0.15) is 17.1 Å². The molecule has 0 radical (unpaired) electrons. The van der Waals surface area contributed by atoms with E-state index in [1.165, 1.54) is 18.2 Å². The Morgan fingerprint density at radius 3 is 2.47 bits per heavy atom. The van der Waals surface area contributed by atoms with Crippen molar-refractivity contribution in [2.75, 3.05) is 18.5 Å². The van der Waals surface area contributed by atoms with E-state index >= 15 is 0 Å². The molecule has 1 amide bonds. The predicted molar refractivity (Wildman–Crippen MR) is 125 cm³/mol. The minimum Gasteiger partial charge on any atom is -0.509 e. The molecule has 1 aromatic rings. The minimum absolute atomic E-state index is 0.0111. The first kappa shape index (κ1) is 24.5. The quantitative estimate of drug-likeness (QED) is 0.597. The maximum Gasteiger partial charge on any atom is 0.348 e. The molecule has 0 bridgehead atoms. The molecule has 0 fully saturated rings. The Hall–Kier alpha value is -2.18. The first-order valence-electron chi connectivity index (χ1n) is 10.8. The average molecular weight is 466 g/mol. The van der Waals surface area contributed by atoms with E-state index in [0.717, 1.165) is 6.42 Å². The number of nitrogens with zero attached hydrogens (tertiary/aromatic N) is 2. The third kappa shape index (κ3) is 4.62. The maximum atomic E-state index is 13.9. The van der Waals surface area contributed by atoms with Gasteiger partial charge in [-0.15, -0.1) is 0 Å². The molecule has 1 aromatic carbocycles. The van der Waals surface area contributed by atoms with Gasteiger partial charge in [-0.25, -0.2) is 4.39 Å². The number of benzene rings is 1. The number of anilines is 1. The van der Waals surface area contributed by atoms with E-state index in [-0.39, 0.29) is 40.2 Å². The largest absolute Gasteiger partial charge is 0.509 e. The molecule has 2 aliphatic rings. The van der Waals surface area contributed by atoms with E-state index in [9.17, 15) is 18.9 Å². The molecule has 9 heteroatoms. The van der Waals surface area contributed by atoms with Crippen molar-refractivity contribution in [2.45, 2.75) is 60.9 Å². The van der Waals surface area contributed by atoms with E-state index < -0.39 is 30.7 Å². The smallest absolute Gasteiger partial charge is 0.348 e. The molecule has 0 aliphatic carbocycles. The second-order valence-corrected chi connectivity index (χ2v) is 12.5. The molecule has 2 heterocycles. The zero-order valence-electron chi connectivity index (χ0n) is 19.8. The zero-order chi connectivity index (χ0) is 24.1. The van der Waals surface area contributed by atoms with E-state index in [2.05, 4.69) is 30.9 Å². The third-order valence-corrected chi connectivity index (χ3v) is 7.58. The molecule has 3 rings (SSSR count). The Bertz CT molecular complexity index is 1040. The number of nitrogens with one attached hydrogen (secondary N) is 1. The fourth-order valence-electron chi connectivity index (χ4n) is 4.02. The molecule has 176 valence electrons. The highest BCUT2D eigenvalue weighted by molar-refractivity contribution is 7.66. The first-order valence-corrected chi connectivity index (χ1v) is 12.4. The molecule has 2 unspecified atom stereocenters. The summed E-state index contributed by atoms with van der Waals surface area (Å²) in [6.45, 7) is 14.3. The number of aliphatic hydroxyl groups excluding tert-OH is 1. The molecule has 7 nitrogen and oxygen atoms in total. The minimum atomic E-state index is -3.76. The summed E-state index contributed by atoms with van der Waals surface area (Å²) in [5.74, 6) is -1.13. The number of halogens is 1. The van der Waals surface area contributed by atoms with Crippen molar-refractivity contribution in [3.8, 4) is 0 Å². The second kappa shape index (κ2) is 8.31. The Balaban J connectivity index is 2.10. The van der Waals surface area contributed by atoms with Gasteiger partial charge in [-0.3, -0.25) is 9.36 Å². The summed E-state index contributed by atoms with van der Waals surface area (Å²) in [4.78, 5) is 15.2. The number of carbonyl (C=O) groups is 1. The van der Waals surface area contributed by atoms with Crippen LogP contribution in [0.25, 0.3) is 0 Å². The van der Waals surface area contributed by atoms with Crippen LogP contribution in [0.5, 0.6) is 0 Å². The number of hydrogen-bond donors (Lipinski definition) is 2. The fraction of sp³-hybridized carbons (Fsp3) is 0.565. The number of amidine groups is 1. The summed E-state index contributed by atoms with van der Waals surface area (Å²) in [5, 5.41) is 14.3. The van der Waals surface area contributed by atoms with Gasteiger partial charge >= 0.3 is 7.52 Å². The van der Waals surface area contributed by atoms with Crippen LogP contribution >= 0.6 is 7.52 Å². The maximum absolute atomic E-state index is 13.9. The average Bonchev–Trinajstić information content (AvgIpc) is 2.88. The molecule has 2 atom stereocenters. The Morgan fingerprint density at radius 2 is 1.91 bits per heavy atom. The lowest BCUT2D eigenvalue weighted by molar-refractivity contribution is -0.128. The number of amides is 1. The van der Waals surface area contributed by atoms with Gasteiger partial charge in [0.05, 0.1) is 23.6 Å². The highest BCUT2D eigenvalue weighted by Gasteiger charge is 2.48. The highest BCUT2D eigenvalue weighted by Crippen LogP contribution is 2.52. The number of aliphatic hydroxyl groups is 1. The van der Waals surface area contributed by atoms with Crippen molar-refractivity contribution in [1.29, 1.82) is 0 Å². The van der Waals surface area contributed by atoms with Crippen LogP contribution in [0.2, 0.25) is 0 Å². The molecule has 0 aromatic heterocycles.